The van der Waals surface area contributed by atoms with Crippen molar-refractivity contribution in [3.63, 3.8) is 0 Å². The maximum atomic E-state index is 12.1. The number of anilines is 1. The van der Waals surface area contributed by atoms with Crippen LogP contribution < -0.4 is 15.1 Å². The van der Waals surface area contributed by atoms with E-state index in [0.717, 1.165) is 42.6 Å². The number of hydrazine groups is 1. The van der Waals surface area contributed by atoms with E-state index < -0.39 is 0 Å². The number of methoxy groups -OCH3 is 1. The van der Waals surface area contributed by atoms with Gasteiger partial charge in [-0.15, -0.1) is 12.4 Å². The predicted molar refractivity (Wildman–Crippen MR) is 107 cm³/mol. The largest absolute Gasteiger partial charge is 0.495 e. The third-order valence-electron chi connectivity index (χ3n) is 4.97. The number of piperidine rings is 1. The molecule has 0 atom stereocenters. The monoisotopic (exact) mass is 410 g/mol. The fourth-order valence-electron chi connectivity index (χ4n) is 3.42. The minimum absolute atomic E-state index is 0. The van der Waals surface area contributed by atoms with E-state index in [-0.39, 0.29) is 36.5 Å². The van der Waals surface area contributed by atoms with Gasteiger partial charge in [-0.3, -0.25) is 24.7 Å². The molecule has 0 unspecified atom stereocenters. The fraction of sp³-hybridized carbons (Fsp3) is 0.526. The number of halogens is 1. The van der Waals surface area contributed by atoms with E-state index in [1.165, 1.54) is 0 Å². The second-order valence-electron chi connectivity index (χ2n) is 6.76. The number of hydrogen-bond donors (Lipinski definition) is 1. The quantitative estimate of drug-likeness (QED) is 0.709. The average molecular weight is 411 g/mol. The third-order valence-corrected chi connectivity index (χ3v) is 4.97. The van der Waals surface area contributed by atoms with Crippen molar-refractivity contribution in [3.05, 3.63) is 24.3 Å². The Kier molecular flexibility index (Phi) is 8.07. The lowest BCUT2D eigenvalue weighted by molar-refractivity contribution is -0.156. The smallest absolute Gasteiger partial charge is 0.248 e. The van der Waals surface area contributed by atoms with Crippen molar-refractivity contribution < 1.29 is 19.1 Å². The minimum Gasteiger partial charge on any atom is -0.495 e. The third kappa shape index (κ3) is 5.36. The van der Waals surface area contributed by atoms with Gasteiger partial charge in [0.1, 0.15) is 5.75 Å². The molecule has 0 aliphatic carbocycles. The van der Waals surface area contributed by atoms with E-state index >= 15 is 0 Å². The lowest BCUT2D eigenvalue weighted by Crippen LogP contribution is -2.52. The van der Waals surface area contributed by atoms with Gasteiger partial charge < -0.3 is 9.64 Å². The highest BCUT2D eigenvalue weighted by molar-refractivity contribution is 5.99. The van der Waals surface area contributed by atoms with Crippen LogP contribution in [0.25, 0.3) is 0 Å². The van der Waals surface area contributed by atoms with E-state index in [1.807, 2.05) is 18.2 Å². The summed E-state index contributed by atoms with van der Waals surface area (Å²) in [4.78, 5) is 40.1. The number of imide groups is 1. The lowest BCUT2D eigenvalue weighted by atomic mass is 10.1. The first kappa shape index (κ1) is 22.0. The molecule has 1 aromatic carbocycles. The first-order valence-corrected chi connectivity index (χ1v) is 9.34. The molecule has 0 spiro atoms. The second-order valence-corrected chi connectivity index (χ2v) is 6.76. The number of para-hydroxylation sites is 2. The number of benzene rings is 1. The molecule has 2 aliphatic rings. The summed E-state index contributed by atoms with van der Waals surface area (Å²) in [6.07, 6.45) is 1.42. The molecule has 3 amide bonds. The Balaban J connectivity index is 0.00000280. The summed E-state index contributed by atoms with van der Waals surface area (Å²) < 4.78 is 5.43. The molecule has 28 heavy (non-hydrogen) atoms. The van der Waals surface area contributed by atoms with Crippen molar-refractivity contribution in [2.45, 2.75) is 25.7 Å². The molecule has 2 saturated heterocycles. The highest BCUT2D eigenvalue weighted by Gasteiger charge is 2.27. The van der Waals surface area contributed by atoms with Gasteiger partial charge in [-0.05, 0) is 18.6 Å². The molecule has 9 heteroatoms. The van der Waals surface area contributed by atoms with Crippen molar-refractivity contribution in [3.8, 4) is 5.75 Å². The zero-order valence-electron chi connectivity index (χ0n) is 16.1. The molecule has 1 N–H and O–H groups in total. The van der Waals surface area contributed by atoms with Crippen LogP contribution in [0.1, 0.15) is 25.7 Å². The maximum absolute atomic E-state index is 12.1. The molecule has 8 nitrogen and oxygen atoms in total. The summed E-state index contributed by atoms with van der Waals surface area (Å²) in [6, 6.07) is 7.95. The molecule has 3 rings (SSSR count). The van der Waals surface area contributed by atoms with E-state index in [9.17, 15) is 14.4 Å². The standard InChI is InChI=1S/C19H26N4O4.ClH/c1-27-16-6-3-2-5-15(16)22-13-11-21(12-14-22)10-9-17(24)20-23-18(25)7-4-8-19(23)26;/h2-3,5-6H,4,7-14H2,1H3,(H,20,24);1H. The number of ether oxygens (including phenoxy) is 1. The van der Waals surface area contributed by atoms with Crippen LogP contribution in [0.3, 0.4) is 0 Å². The molecule has 0 saturated carbocycles. The summed E-state index contributed by atoms with van der Waals surface area (Å²) >= 11 is 0. The lowest BCUT2D eigenvalue weighted by Gasteiger charge is -2.36. The highest BCUT2D eigenvalue weighted by atomic mass is 35.5. The van der Waals surface area contributed by atoms with Gasteiger partial charge in [0.2, 0.25) is 17.7 Å². The van der Waals surface area contributed by atoms with Crippen LogP contribution in [0.2, 0.25) is 0 Å². The molecule has 2 fully saturated rings. The number of rotatable bonds is 6. The van der Waals surface area contributed by atoms with Gasteiger partial charge in [-0.25, -0.2) is 0 Å². The number of nitrogens with zero attached hydrogens (tertiary/aromatic N) is 3. The fourth-order valence-corrected chi connectivity index (χ4v) is 3.42. The van der Waals surface area contributed by atoms with Crippen LogP contribution in [0, 0.1) is 0 Å². The van der Waals surface area contributed by atoms with Crippen LogP contribution in [0.15, 0.2) is 24.3 Å². The molecule has 1 aromatic rings. The first-order chi connectivity index (χ1) is 13.1. The molecule has 0 radical (unpaired) electrons. The average Bonchev–Trinajstić information content (AvgIpc) is 2.69. The predicted octanol–water partition coefficient (Wildman–Crippen LogP) is 1.20. The van der Waals surface area contributed by atoms with Crippen molar-refractivity contribution in [2.24, 2.45) is 0 Å². The van der Waals surface area contributed by atoms with Crippen LogP contribution in [-0.2, 0) is 14.4 Å². The topological polar surface area (TPSA) is 82.2 Å². The van der Waals surface area contributed by atoms with Gasteiger partial charge in [-0.2, -0.15) is 5.01 Å². The van der Waals surface area contributed by atoms with Crippen LogP contribution in [0.5, 0.6) is 5.75 Å². The molecule has 154 valence electrons. The number of hydrogen-bond acceptors (Lipinski definition) is 6. The number of carbonyl (C=O) groups is 3. The van der Waals surface area contributed by atoms with E-state index in [2.05, 4.69) is 21.3 Å². The van der Waals surface area contributed by atoms with Gasteiger partial charge in [0.25, 0.3) is 0 Å². The molecule has 0 aromatic heterocycles. The van der Waals surface area contributed by atoms with Gasteiger partial charge in [0, 0.05) is 52.0 Å². The zero-order chi connectivity index (χ0) is 19.2. The summed E-state index contributed by atoms with van der Waals surface area (Å²) in [7, 11) is 1.67. The zero-order valence-corrected chi connectivity index (χ0v) is 16.9. The van der Waals surface area contributed by atoms with E-state index in [4.69, 9.17) is 4.74 Å². The van der Waals surface area contributed by atoms with Gasteiger partial charge in [-0.1, -0.05) is 12.1 Å². The molecule has 2 heterocycles. The minimum atomic E-state index is -0.329. The summed E-state index contributed by atoms with van der Waals surface area (Å²) in [5.41, 5.74) is 3.53. The molecular weight excluding hydrogens is 384 g/mol. The Morgan fingerprint density at radius 1 is 1.07 bits per heavy atom. The number of piperazine rings is 1. The Bertz CT molecular complexity index is 691. The van der Waals surface area contributed by atoms with Crippen molar-refractivity contribution in [1.82, 2.24) is 15.3 Å². The first-order valence-electron chi connectivity index (χ1n) is 9.34. The number of amides is 3. The van der Waals surface area contributed by atoms with Crippen molar-refractivity contribution in [1.29, 1.82) is 0 Å². The Hall–Kier alpha value is -2.32. The molecule has 2 aliphatic heterocycles. The van der Waals surface area contributed by atoms with Gasteiger partial charge in [0.05, 0.1) is 12.8 Å². The van der Waals surface area contributed by atoms with E-state index in [1.54, 1.807) is 7.11 Å². The van der Waals surface area contributed by atoms with Crippen molar-refractivity contribution in [2.75, 3.05) is 44.7 Å². The summed E-state index contributed by atoms with van der Waals surface area (Å²) in [5.74, 6) is -0.0954. The van der Waals surface area contributed by atoms with Crippen LogP contribution in [-0.4, -0.2) is 67.5 Å². The maximum Gasteiger partial charge on any atom is 0.248 e. The SMILES string of the molecule is COc1ccccc1N1CCN(CCC(=O)NN2C(=O)CCCC2=O)CC1.Cl. The van der Waals surface area contributed by atoms with Gasteiger partial charge >= 0.3 is 0 Å². The highest BCUT2D eigenvalue weighted by Crippen LogP contribution is 2.28. The Labute approximate surface area is 171 Å². The number of carbonyl (C=O) groups excluding carboxylic acids is 3. The molecule has 0 bridgehead atoms. The van der Waals surface area contributed by atoms with Gasteiger partial charge in [0.15, 0.2) is 0 Å². The number of nitrogens with one attached hydrogen (secondary N) is 1. The van der Waals surface area contributed by atoms with E-state index in [0.29, 0.717) is 25.8 Å². The second kappa shape index (κ2) is 10.3. The van der Waals surface area contributed by atoms with Crippen LogP contribution in [0.4, 0.5) is 5.69 Å². The van der Waals surface area contributed by atoms with Crippen molar-refractivity contribution >= 4 is 35.8 Å². The Morgan fingerprint density at radius 2 is 1.71 bits per heavy atom. The van der Waals surface area contributed by atoms with Crippen LogP contribution >= 0.6 is 12.4 Å². The Morgan fingerprint density at radius 3 is 2.36 bits per heavy atom. The normalized spacial score (nSPS) is 17.9. The molecular formula is C19H27ClN4O4. The summed E-state index contributed by atoms with van der Waals surface area (Å²) in [6.45, 7) is 3.98. The summed E-state index contributed by atoms with van der Waals surface area (Å²) in [5, 5.41) is 0.880.